The molecule has 0 amide bonds. The van der Waals surface area contributed by atoms with E-state index in [9.17, 15) is 13.5 Å². The van der Waals surface area contributed by atoms with Gasteiger partial charge in [-0.25, -0.2) is 8.42 Å². The maximum atomic E-state index is 13.4. The van der Waals surface area contributed by atoms with Crippen molar-refractivity contribution in [2.24, 2.45) is 23.2 Å². The third-order valence-corrected chi connectivity index (χ3v) is 10.6. The molecule has 1 aliphatic heterocycles. The predicted molar refractivity (Wildman–Crippen MR) is 108 cm³/mol. The summed E-state index contributed by atoms with van der Waals surface area (Å²) in [6.45, 7) is 4.28. The van der Waals surface area contributed by atoms with Gasteiger partial charge in [-0.15, -0.1) is 0 Å². The number of unbranched alkanes of at least 4 members (excludes halogenated alkanes) is 1. The van der Waals surface area contributed by atoms with E-state index in [0.717, 1.165) is 51.4 Å². The van der Waals surface area contributed by atoms with Crippen molar-refractivity contribution in [2.45, 2.75) is 109 Å². The second-order valence-corrected chi connectivity index (χ2v) is 11.8. The highest BCUT2D eigenvalue weighted by Crippen LogP contribution is 2.52. The lowest BCUT2D eigenvalue weighted by Gasteiger charge is -2.46. The molecule has 26 heavy (non-hydrogen) atoms. The molecule has 0 radical (unpaired) electrons. The average Bonchev–Trinajstić information content (AvgIpc) is 2.73. The minimum atomic E-state index is -3.13. The smallest absolute Gasteiger partial charge is 0.154 e. The fourth-order valence-corrected chi connectivity index (χ4v) is 9.52. The van der Waals surface area contributed by atoms with Crippen LogP contribution in [0.5, 0.6) is 0 Å². The summed E-state index contributed by atoms with van der Waals surface area (Å²) in [6.07, 6.45) is 13.5. The van der Waals surface area contributed by atoms with Gasteiger partial charge in [0.15, 0.2) is 9.84 Å². The van der Waals surface area contributed by atoms with E-state index in [-0.39, 0.29) is 22.8 Å². The van der Waals surface area contributed by atoms with Gasteiger partial charge in [-0.1, -0.05) is 71.6 Å². The van der Waals surface area contributed by atoms with Gasteiger partial charge in [0.05, 0.1) is 17.1 Å². The van der Waals surface area contributed by atoms with E-state index in [4.69, 9.17) is 0 Å². The van der Waals surface area contributed by atoms with E-state index in [1.54, 1.807) is 0 Å². The highest BCUT2D eigenvalue weighted by Gasteiger charge is 2.55. The van der Waals surface area contributed by atoms with Crippen molar-refractivity contribution < 1.29 is 13.5 Å². The molecule has 0 bridgehead atoms. The normalized spacial score (nSPS) is 41.3. The fourth-order valence-electron chi connectivity index (χ4n) is 6.61. The highest BCUT2D eigenvalue weighted by atomic mass is 32.2. The zero-order valence-electron chi connectivity index (χ0n) is 17.0. The molecule has 2 aliphatic carbocycles. The molecule has 0 aromatic rings. The largest absolute Gasteiger partial charge is 0.392 e. The lowest BCUT2D eigenvalue weighted by atomic mass is 9.61. The molecule has 4 heteroatoms. The van der Waals surface area contributed by atoms with Crippen molar-refractivity contribution in [1.82, 2.24) is 0 Å². The minimum Gasteiger partial charge on any atom is -0.392 e. The molecule has 5 atom stereocenters. The van der Waals surface area contributed by atoms with Crippen molar-refractivity contribution in [3.63, 3.8) is 0 Å². The molecule has 1 N–H and O–H groups in total. The van der Waals surface area contributed by atoms with Crippen LogP contribution in [0.15, 0.2) is 0 Å². The van der Waals surface area contributed by atoms with Crippen molar-refractivity contribution in [3.05, 3.63) is 0 Å². The van der Waals surface area contributed by atoms with Crippen LogP contribution in [-0.4, -0.2) is 30.6 Å². The Kier molecular flexibility index (Phi) is 6.75. The van der Waals surface area contributed by atoms with Gasteiger partial charge in [-0.05, 0) is 43.4 Å². The van der Waals surface area contributed by atoms with Crippen LogP contribution in [0.1, 0.15) is 97.3 Å². The summed E-state index contributed by atoms with van der Waals surface area (Å²) in [5.74, 6) is 1.16. The molecule has 0 aromatic carbocycles. The van der Waals surface area contributed by atoms with Gasteiger partial charge in [0.25, 0.3) is 0 Å². The van der Waals surface area contributed by atoms with Gasteiger partial charge in [0, 0.05) is 5.41 Å². The number of rotatable bonds is 5. The minimum absolute atomic E-state index is 0.187. The van der Waals surface area contributed by atoms with E-state index < -0.39 is 21.4 Å². The van der Waals surface area contributed by atoms with Crippen LogP contribution in [0.2, 0.25) is 0 Å². The average molecular weight is 385 g/mol. The van der Waals surface area contributed by atoms with E-state index in [0.29, 0.717) is 5.92 Å². The van der Waals surface area contributed by atoms with Crippen LogP contribution in [0, 0.1) is 23.2 Å². The van der Waals surface area contributed by atoms with E-state index in [2.05, 4.69) is 13.8 Å². The first kappa shape index (κ1) is 20.6. The first-order valence-electron chi connectivity index (χ1n) is 11.3. The van der Waals surface area contributed by atoms with Gasteiger partial charge in [0.2, 0.25) is 0 Å². The zero-order valence-corrected chi connectivity index (χ0v) is 17.8. The Bertz CT molecular complexity index is 552. The van der Waals surface area contributed by atoms with E-state index >= 15 is 0 Å². The summed E-state index contributed by atoms with van der Waals surface area (Å²) >= 11 is 0. The molecule has 0 aromatic heterocycles. The molecule has 3 rings (SSSR count). The maximum Gasteiger partial charge on any atom is 0.154 e. The molecule has 3 nitrogen and oxygen atoms in total. The molecule has 152 valence electrons. The van der Waals surface area contributed by atoms with Crippen LogP contribution in [-0.2, 0) is 9.84 Å². The van der Waals surface area contributed by atoms with Gasteiger partial charge in [0.1, 0.15) is 0 Å². The molecule has 1 heterocycles. The molecule has 3 unspecified atom stereocenters. The van der Waals surface area contributed by atoms with Crippen molar-refractivity contribution in [2.75, 3.05) is 5.75 Å². The first-order valence-corrected chi connectivity index (χ1v) is 13.1. The Hall–Kier alpha value is -0.0900. The summed E-state index contributed by atoms with van der Waals surface area (Å²) in [7, 11) is -3.13. The molecule has 3 aliphatic rings. The number of sulfone groups is 1. The Balaban J connectivity index is 2.03. The Morgan fingerprint density at radius 2 is 1.62 bits per heavy atom. The summed E-state index contributed by atoms with van der Waals surface area (Å²) in [5, 5.41) is 11.6. The summed E-state index contributed by atoms with van der Waals surface area (Å²) in [6, 6.07) is 0. The number of fused-ring (bicyclic) bond motifs is 1. The van der Waals surface area contributed by atoms with Gasteiger partial charge >= 0.3 is 0 Å². The number of hydrogen-bond acceptors (Lipinski definition) is 3. The summed E-state index contributed by atoms with van der Waals surface area (Å²) in [4.78, 5) is 0. The lowest BCUT2D eigenvalue weighted by Crippen LogP contribution is -2.47. The number of aliphatic hydroxyl groups is 1. The van der Waals surface area contributed by atoms with E-state index in [1.807, 2.05) is 0 Å². The SMILES string of the molecule is CCCC[C@]1(CC)CS(=O)(=O)C2CCCCC2[C@@H](C2CCCCC2)C1O. The third kappa shape index (κ3) is 3.87. The molecule has 2 saturated carbocycles. The fraction of sp³-hybridized carbons (Fsp3) is 1.00. The first-order chi connectivity index (χ1) is 12.4. The van der Waals surface area contributed by atoms with Gasteiger partial charge in [-0.2, -0.15) is 0 Å². The van der Waals surface area contributed by atoms with Crippen molar-refractivity contribution in [1.29, 1.82) is 0 Å². The predicted octanol–water partition coefficient (Wildman–Crippen LogP) is 5.12. The Morgan fingerprint density at radius 1 is 0.962 bits per heavy atom. The molecule has 0 spiro atoms. The van der Waals surface area contributed by atoms with Crippen LogP contribution >= 0.6 is 0 Å². The Labute approximate surface area is 161 Å². The van der Waals surface area contributed by atoms with Gasteiger partial charge < -0.3 is 5.11 Å². The third-order valence-electron chi connectivity index (χ3n) is 8.12. The van der Waals surface area contributed by atoms with E-state index in [1.165, 1.54) is 32.1 Å². The second kappa shape index (κ2) is 8.51. The summed E-state index contributed by atoms with van der Waals surface area (Å²) in [5.41, 5.74) is -0.422. The quantitative estimate of drug-likeness (QED) is 0.716. The molecule has 3 fully saturated rings. The van der Waals surface area contributed by atoms with Crippen LogP contribution in [0.25, 0.3) is 0 Å². The van der Waals surface area contributed by atoms with Crippen molar-refractivity contribution in [3.8, 4) is 0 Å². The zero-order chi connectivity index (χ0) is 18.8. The standard InChI is InChI=1S/C22H40O3S/c1-3-5-15-22(4-2)16-26(24,25)19-14-10-9-13-18(19)20(21(22)23)17-11-7-6-8-12-17/h17-21,23H,3-16H2,1-2H3/t18?,19?,20-,21?,22-/m1/s1. The van der Waals surface area contributed by atoms with Crippen LogP contribution in [0.3, 0.4) is 0 Å². The topological polar surface area (TPSA) is 54.4 Å². The lowest BCUT2D eigenvalue weighted by molar-refractivity contribution is -0.0637. The van der Waals surface area contributed by atoms with Gasteiger partial charge in [-0.3, -0.25) is 0 Å². The van der Waals surface area contributed by atoms with Crippen LogP contribution in [0.4, 0.5) is 0 Å². The molecular weight excluding hydrogens is 344 g/mol. The molecular formula is C22H40O3S. The molecule has 1 saturated heterocycles. The Morgan fingerprint density at radius 3 is 2.27 bits per heavy atom. The van der Waals surface area contributed by atoms with Crippen molar-refractivity contribution >= 4 is 9.84 Å². The van der Waals surface area contributed by atoms with Crippen LogP contribution < -0.4 is 0 Å². The highest BCUT2D eigenvalue weighted by molar-refractivity contribution is 7.92. The monoisotopic (exact) mass is 384 g/mol. The number of aliphatic hydroxyl groups excluding tert-OH is 1. The maximum absolute atomic E-state index is 13.4. The summed E-state index contributed by atoms with van der Waals surface area (Å²) < 4.78 is 26.9. The number of hydrogen-bond donors (Lipinski definition) is 1. The second-order valence-electron chi connectivity index (χ2n) is 9.53.